The van der Waals surface area contributed by atoms with Crippen molar-refractivity contribution in [2.24, 2.45) is 5.73 Å². The van der Waals surface area contributed by atoms with E-state index >= 15 is 0 Å². The normalized spacial score (nSPS) is 18.3. The second-order valence-electron chi connectivity index (χ2n) is 2.37. The Kier molecular flexibility index (Phi) is 2.82. The first-order valence-electron chi connectivity index (χ1n) is 3.59. The summed E-state index contributed by atoms with van der Waals surface area (Å²) in [5.74, 6) is 0.697. The smallest absolute Gasteiger partial charge is 0.256 e. The number of rotatable bonds is 2. The molecule has 0 aromatic rings. The summed E-state index contributed by atoms with van der Waals surface area (Å²) >= 11 is 1.55. The number of carbonyl (C=O) groups is 1. The van der Waals surface area contributed by atoms with Crippen LogP contribution in [0.3, 0.4) is 0 Å². The number of nitrogens with two attached hydrogens (primary N) is 1. The highest BCUT2D eigenvalue weighted by Crippen LogP contribution is 2.27. The fraction of sp³-hybridized carbons (Fsp3) is 0.571. The molecule has 4 heteroatoms. The van der Waals surface area contributed by atoms with E-state index in [0.717, 1.165) is 24.3 Å². The molecule has 3 N–H and O–H groups in total. The molecule has 62 valence electrons. The van der Waals surface area contributed by atoms with Crippen LogP contribution in [0.25, 0.3) is 0 Å². The third-order valence-electron chi connectivity index (χ3n) is 1.62. The van der Waals surface area contributed by atoms with Crippen molar-refractivity contribution in [1.82, 2.24) is 5.32 Å². The fourth-order valence-corrected chi connectivity index (χ4v) is 2.10. The van der Waals surface area contributed by atoms with Crippen LogP contribution < -0.4 is 11.1 Å². The van der Waals surface area contributed by atoms with Crippen LogP contribution in [-0.2, 0) is 4.79 Å². The summed E-state index contributed by atoms with van der Waals surface area (Å²) < 4.78 is 0. The third kappa shape index (κ3) is 1.89. The number of amides is 1. The lowest BCUT2D eigenvalue weighted by molar-refractivity contribution is -0.114. The second-order valence-corrected chi connectivity index (χ2v) is 3.48. The van der Waals surface area contributed by atoms with Gasteiger partial charge in [0.25, 0.3) is 5.91 Å². The summed E-state index contributed by atoms with van der Waals surface area (Å²) in [4.78, 5) is 11.5. The zero-order valence-electron chi connectivity index (χ0n) is 6.52. The molecule has 0 saturated heterocycles. The fourth-order valence-electron chi connectivity index (χ4n) is 1.08. The van der Waals surface area contributed by atoms with Gasteiger partial charge in [0.1, 0.15) is 0 Å². The van der Waals surface area contributed by atoms with Gasteiger partial charge >= 0.3 is 0 Å². The molecule has 0 saturated carbocycles. The minimum absolute atomic E-state index is 0.306. The summed E-state index contributed by atoms with van der Waals surface area (Å²) in [7, 11) is 1.82. The average molecular weight is 172 g/mol. The summed E-state index contributed by atoms with van der Waals surface area (Å²) in [5.41, 5.74) is 6.17. The van der Waals surface area contributed by atoms with Gasteiger partial charge in [0.05, 0.1) is 4.91 Å². The number of thioether (sulfide) groups is 1. The Morgan fingerprint density at radius 1 is 1.73 bits per heavy atom. The number of allylic oxidation sites excluding steroid dienone is 1. The Morgan fingerprint density at radius 3 is 2.91 bits per heavy atom. The van der Waals surface area contributed by atoms with E-state index in [9.17, 15) is 4.79 Å². The van der Waals surface area contributed by atoms with Crippen molar-refractivity contribution < 1.29 is 4.79 Å². The number of primary amides is 1. The van der Waals surface area contributed by atoms with Gasteiger partial charge in [-0.3, -0.25) is 4.79 Å². The van der Waals surface area contributed by atoms with E-state index < -0.39 is 0 Å². The Labute approximate surface area is 70.4 Å². The largest absolute Gasteiger partial charge is 0.390 e. The molecule has 0 fully saturated rings. The number of nitrogens with one attached hydrogen (secondary N) is 1. The van der Waals surface area contributed by atoms with Gasteiger partial charge in [-0.05, 0) is 18.6 Å². The quantitative estimate of drug-likeness (QED) is 0.635. The highest BCUT2D eigenvalue weighted by Gasteiger charge is 2.16. The molecule has 0 aromatic carbocycles. The maximum Gasteiger partial charge on any atom is 0.256 e. The van der Waals surface area contributed by atoms with Gasteiger partial charge in [0, 0.05) is 12.7 Å². The molecule has 0 bridgehead atoms. The molecular formula is C7H12N2OS. The number of hydrogen-bond acceptors (Lipinski definition) is 3. The Balaban J connectivity index is 2.81. The van der Waals surface area contributed by atoms with E-state index in [0.29, 0.717) is 4.91 Å². The minimum Gasteiger partial charge on any atom is -0.390 e. The molecule has 11 heavy (non-hydrogen) atoms. The van der Waals surface area contributed by atoms with E-state index in [2.05, 4.69) is 5.32 Å². The Hall–Kier alpha value is -0.640. The lowest BCUT2D eigenvalue weighted by atomic mass is 10.2. The first-order chi connectivity index (χ1) is 5.25. The van der Waals surface area contributed by atoms with Gasteiger partial charge in [0.15, 0.2) is 0 Å². The highest BCUT2D eigenvalue weighted by atomic mass is 32.2. The summed E-state index contributed by atoms with van der Waals surface area (Å²) in [6, 6.07) is 0. The van der Waals surface area contributed by atoms with Crippen LogP contribution in [0.5, 0.6) is 0 Å². The second kappa shape index (κ2) is 3.67. The van der Waals surface area contributed by atoms with Crippen molar-refractivity contribution in [2.75, 3.05) is 12.8 Å². The molecular weight excluding hydrogens is 160 g/mol. The van der Waals surface area contributed by atoms with Crippen LogP contribution in [0.4, 0.5) is 0 Å². The van der Waals surface area contributed by atoms with E-state index in [1.807, 2.05) is 7.05 Å². The van der Waals surface area contributed by atoms with E-state index in [1.54, 1.807) is 11.8 Å². The van der Waals surface area contributed by atoms with E-state index in [1.165, 1.54) is 0 Å². The predicted molar refractivity (Wildman–Crippen MR) is 47.0 cm³/mol. The van der Waals surface area contributed by atoms with Crippen LogP contribution in [0.15, 0.2) is 10.6 Å². The minimum atomic E-state index is -0.306. The lowest BCUT2D eigenvalue weighted by Crippen LogP contribution is -2.21. The molecule has 1 heterocycles. The molecule has 1 aliphatic heterocycles. The monoisotopic (exact) mass is 172 g/mol. The number of carbonyl (C=O) groups excluding carboxylic acids is 1. The first-order valence-corrected chi connectivity index (χ1v) is 4.57. The molecule has 1 amide bonds. The van der Waals surface area contributed by atoms with Crippen LogP contribution in [0.1, 0.15) is 12.8 Å². The van der Waals surface area contributed by atoms with Crippen molar-refractivity contribution in [1.29, 1.82) is 0 Å². The van der Waals surface area contributed by atoms with Gasteiger partial charge in [-0.15, -0.1) is 11.8 Å². The van der Waals surface area contributed by atoms with Crippen molar-refractivity contribution in [3.8, 4) is 0 Å². The van der Waals surface area contributed by atoms with Gasteiger partial charge in [-0.2, -0.15) is 0 Å². The van der Waals surface area contributed by atoms with Gasteiger partial charge in [-0.1, -0.05) is 0 Å². The molecule has 0 aliphatic carbocycles. The van der Waals surface area contributed by atoms with Crippen molar-refractivity contribution in [2.45, 2.75) is 12.8 Å². The van der Waals surface area contributed by atoms with E-state index in [-0.39, 0.29) is 5.91 Å². The number of hydrogen-bond donors (Lipinski definition) is 2. The molecule has 0 spiro atoms. The van der Waals surface area contributed by atoms with Gasteiger partial charge in [-0.25, -0.2) is 0 Å². The molecule has 0 radical (unpaired) electrons. The van der Waals surface area contributed by atoms with Crippen molar-refractivity contribution in [3.05, 3.63) is 10.6 Å². The van der Waals surface area contributed by atoms with Crippen molar-refractivity contribution in [3.63, 3.8) is 0 Å². The Morgan fingerprint density at radius 2 is 2.45 bits per heavy atom. The first kappa shape index (κ1) is 8.46. The molecule has 1 aliphatic rings. The zero-order chi connectivity index (χ0) is 8.27. The summed E-state index contributed by atoms with van der Waals surface area (Å²) in [6.07, 6.45) is 2.07. The summed E-state index contributed by atoms with van der Waals surface area (Å²) in [6.45, 7) is 0. The molecule has 1 rings (SSSR count). The van der Waals surface area contributed by atoms with Crippen LogP contribution in [0.2, 0.25) is 0 Å². The zero-order valence-corrected chi connectivity index (χ0v) is 7.33. The summed E-state index contributed by atoms with van der Waals surface area (Å²) in [5, 5.41) is 2.99. The van der Waals surface area contributed by atoms with Crippen LogP contribution in [0, 0.1) is 0 Å². The molecule has 0 atom stereocenters. The standard InChI is InChI=1S/C7H12N2OS/c1-9-5-3-2-4-11-6(5)7(8)10/h9H,2-4H2,1H3,(H2,8,10). The molecule has 0 aromatic heterocycles. The van der Waals surface area contributed by atoms with Gasteiger partial charge in [0.2, 0.25) is 0 Å². The third-order valence-corrected chi connectivity index (χ3v) is 2.85. The average Bonchev–Trinajstić information content (AvgIpc) is 2.04. The predicted octanol–water partition coefficient (Wildman–Crippen LogP) is 0.430. The van der Waals surface area contributed by atoms with Crippen molar-refractivity contribution >= 4 is 17.7 Å². The van der Waals surface area contributed by atoms with E-state index in [4.69, 9.17) is 5.73 Å². The highest BCUT2D eigenvalue weighted by molar-refractivity contribution is 8.04. The molecule has 3 nitrogen and oxygen atoms in total. The maximum atomic E-state index is 10.8. The Bertz CT molecular complexity index is 201. The van der Waals surface area contributed by atoms with Crippen LogP contribution >= 0.6 is 11.8 Å². The maximum absolute atomic E-state index is 10.8. The molecule has 0 unspecified atom stereocenters. The lowest BCUT2D eigenvalue weighted by Gasteiger charge is -2.16. The SMILES string of the molecule is CNC1=C(C(N)=O)SCCC1. The topological polar surface area (TPSA) is 55.1 Å². The van der Waals surface area contributed by atoms with Gasteiger partial charge < -0.3 is 11.1 Å². The van der Waals surface area contributed by atoms with Crippen LogP contribution in [-0.4, -0.2) is 18.7 Å².